The smallest absolute Gasteiger partial charge is 0.416 e. The first-order valence-corrected chi connectivity index (χ1v) is 7.41. The molecule has 0 fully saturated rings. The summed E-state index contributed by atoms with van der Waals surface area (Å²) in [6.45, 7) is 0. The van der Waals surface area contributed by atoms with Gasteiger partial charge in [0, 0.05) is 12.0 Å². The maximum absolute atomic E-state index is 13.1. The van der Waals surface area contributed by atoms with Gasteiger partial charge in [0.05, 0.1) is 12.7 Å². The summed E-state index contributed by atoms with van der Waals surface area (Å²) >= 11 is 0. The molecule has 0 saturated heterocycles. The third kappa shape index (κ3) is 4.82. The molecule has 0 aliphatic carbocycles. The molecule has 0 aromatic heterocycles. The lowest BCUT2D eigenvalue weighted by molar-refractivity contribution is -0.144. The molecule has 0 aliphatic heterocycles. The van der Waals surface area contributed by atoms with Crippen molar-refractivity contribution >= 4 is 11.9 Å². The summed E-state index contributed by atoms with van der Waals surface area (Å²) < 4.78 is 43.9. The van der Waals surface area contributed by atoms with Gasteiger partial charge in [0.1, 0.15) is 6.04 Å². The van der Waals surface area contributed by atoms with Crippen molar-refractivity contribution in [2.75, 3.05) is 7.11 Å². The van der Waals surface area contributed by atoms with E-state index in [0.717, 1.165) is 13.2 Å². The highest BCUT2D eigenvalue weighted by Crippen LogP contribution is 2.32. The Hall–Kier alpha value is -2.83. The monoisotopic (exact) mass is 351 g/mol. The Morgan fingerprint density at radius 3 is 2.24 bits per heavy atom. The summed E-state index contributed by atoms with van der Waals surface area (Å²) in [5.74, 6) is -1.39. The van der Waals surface area contributed by atoms with Gasteiger partial charge in [-0.15, -0.1) is 0 Å². The van der Waals surface area contributed by atoms with Crippen LogP contribution in [0.1, 0.15) is 21.5 Å². The number of alkyl halides is 3. The SMILES string of the molecule is COC(=O)[C@@H](Cc1ccccc1C(F)(F)F)NC(=O)c1ccccc1. The zero-order valence-electron chi connectivity index (χ0n) is 13.3. The van der Waals surface area contributed by atoms with Gasteiger partial charge in [-0.1, -0.05) is 36.4 Å². The number of methoxy groups -OCH3 is 1. The van der Waals surface area contributed by atoms with Crippen molar-refractivity contribution in [3.8, 4) is 0 Å². The second-order valence-corrected chi connectivity index (χ2v) is 5.27. The van der Waals surface area contributed by atoms with Crippen molar-refractivity contribution in [1.82, 2.24) is 5.32 Å². The summed E-state index contributed by atoms with van der Waals surface area (Å²) in [5.41, 5.74) is -0.655. The minimum atomic E-state index is -4.55. The van der Waals surface area contributed by atoms with E-state index < -0.39 is 29.7 Å². The number of carbonyl (C=O) groups excluding carboxylic acids is 2. The number of ether oxygens (including phenoxy) is 1. The van der Waals surface area contributed by atoms with Crippen LogP contribution in [0.2, 0.25) is 0 Å². The largest absolute Gasteiger partial charge is 0.467 e. The summed E-state index contributed by atoms with van der Waals surface area (Å²) in [6, 6.07) is 11.7. The van der Waals surface area contributed by atoms with E-state index in [2.05, 4.69) is 10.1 Å². The lowest BCUT2D eigenvalue weighted by Crippen LogP contribution is -2.43. The molecule has 0 aliphatic rings. The first-order chi connectivity index (χ1) is 11.8. The van der Waals surface area contributed by atoms with Gasteiger partial charge in [0.15, 0.2) is 0 Å². The lowest BCUT2D eigenvalue weighted by Gasteiger charge is -2.19. The standard InChI is InChI=1S/C18H16F3NO3/c1-25-17(24)15(22-16(23)12-7-3-2-4-8-12)11-13-9-5-6-10-14(13)18(19,20)21/h2-10,15H,11H2,1H3,(H,22,23)/t15-/m1/s1. The van der Waals surface area contributed by atoms with E-state index in [9.17, 15) is 22.8 Å². The summed E-state index contributed by atoms with van der Waals surface area (Å²) in [6.07, 6.45) is -4.89. The fourth-order valence-electron chi connectivity index (χ4n) is 2.36. The van der Waals surface area contributed by atoms with Crippen LogP contribution < -0.4 is 5.32 Å². The van der Waals surface area contributed by atoms with Gasteiger partial charge in [-0.25, -0.2) is 4.79 Å². The van der Waals surface area contributed by atoms with Crippen LogP contribution in [0.5, 0.6) is 0 Å². The van der Waals surface area contributed by atoms with Crippen molar-refractivity contribution in [3.63, 3.8) is 0 Å². The number of hydrogen-bond acceptors (Lipinski definition) is 3. The molecule has 2 aromatic carbocycles. The minimum Gasteiger partial charge on any atom is -0.467 e. The highest BCUT2D eigenvalue weighted by atomic mass is 19.4. The number of halogens is 3. The molecule has 7 heteroatoms. The second-order valence-electron chi connectivity index (χ2n) is 5.27. The fraction of sp³-hybridized carbons (Fsp3) is 0.222. The average molecular weight is 351 g/mol. The highest BCUT2D eigenvalue weighted by molar-refractivity contribution is 5.96. The Bertz CT molecular complexity index is 745. The molecule has 0 bridgehead atoms. The molecule has 0 unspecified atom stereocenters. The topological polar surface area (TPSA) is 55.4 Å². The van der Waals surface area contributed by atoms with Gasteiger partial charge in [-0.3, -0.25) is 4.79 Å². The van der Waals surface area contributed by atoms with Crippen molar-refractivity contribution in [2.45, 2.75) is 18.6 Å². The number of benzene rings is 2. The summed E-state index contributed by atoms with van der Waals surface area (Å²) in [7, 11) is 1.11. The molecule has 4 nitrogen and oxygen atoms in total. The quantitative estimate of drug-likeness (QED) is 0.842. The maximum atomic E-state index is 13.1. The molecular weight excluding hydrogens is 335 g/mol. The zero-order chi connectivity index (χ0) is 18.4. The number of hydrogen-bond donors (Lipinski definition) is 1. The molecular formula is C18H16F3NO3. The van der Waals surface area contributed by atoms with Crippen molar-refractivity contribution < 1.29 is 27.5 Å². The van der Waals surface area contributed by atoms with Crippen molar-refractivity contribution in [2.24, 2.45) is 0 Å². The van der Waals surface area contributed by atoms with Crippen LogP contribution in [0, 0.1) is 0 Å². The first-order valence-electron chi connectivity index (χ1n) is 7.41. The molecule has 132 valence electrons. The molecule has 0 radical (unpaired) electrons. The Morgan fingerprint density at radius 1 is 1.04 bits per heavy atom. The molecule has 1 N–H and O–H groups in total. The number of nitrogens with one attached hydrogen (secondary N) is 1. The fourth-order valence-corrected chi connectivity index (χ4v) is 2.36. The Kier molecular flexibility index (Phi) is 5.80. The van der Waals surface area contributed by atoms with Crippen LogP contribution in [0.25, 0.3) is 0 Å². The molecule has 1 amide bonds. The molecule has 1 atom stereocenters. The van der Waals surface area contributed by atoms with Gasteiger partial charge < -0.3 is 10.1 Å². The van der Waals surface area contributed by atoms with Crippen LogP contribution in [0.4, 0.5) is 13.2 Å². The first kappa shape index (κ1) is 18.5. The van der Waals surface area contributed by atoms with Crippen LogP contribution in [-0.4, -0.2) is 25.0 Å². The van der Waals surface area contributed by atoms with E-state index in [-0.39, 0.29) is 12.0 Å². The molecule has 0 heterocycles. The molecule has 25 heavy (non-hydrogen) atoms. The van der Waals surface area contributed by atoms with Gasteiger partial charge in [0.2, 0.25) is 0 Å². The third-order valence-electron chi connectivity index (χ3n) is 3.57. The molecule has 0 spiro atoms. The van der Waals surface area contributed by atoms with Crippen molar-refractivity contribution in [3.05, 3.63) is 71.3 Å². The van der Waals surface area contributed by atoms with E-state index in [1.54, 1.807) is 18.2 Å². The van der Waals surface area contributed by atoms with E-state index in [1.165, 1.54) is 30.3 Å². The van der Waals surface area contributed by atoms with Crippen LogP contribution in [-0.2, 0) is 22.1 Å². The zero-order valence-corrected chi connectivity index (χ0v) is 13.3. The van der Waals surface area contributed by atoms with E-state index in [1.807, 2.05) is 0 Å². The van der Waals surface area contributed by atoms with E-state index in [4.69, 9.17) is 0 Å². The van der Waals surface area contributed by atoms with Crippen LogP contribution >= 0.6 is 0 Å². The number of esters is 1. The second kappa shape index (κ2) is 7.83. The predicted molar refractivity (Wildman–Crippen MR) is 84.9 cm³/mol. The van der Waals surface area contributed by atoms with Gasteiger partial charge in [-0.05, 0) is 23.8 Å². The predicted octanol–water partition coefficient (Wildman–Crippen LogP) is 3.22. The van der Waals surface area contributed by atoms with Crippen LogP contribution in [0.15, 0.2) is 54.6 Å². The number of amides is 1. The highest BCUT2D eigenvalue weighted by Gasteiger charge is 2.34. The lowest BCUT2D eigenvalue weighted by atomic mass is 9.99. The van der Waals surface area contributed by atoms with Crippen molar-refractivity contribution in [1.29, 1.82) is 0 Å². The summed E-state index contributed by atoms with van der Waals surface area (Å²) in [4.78, 5) is 24.1. The normalized spacial score (nSPS) is 12.3. The van der Waals surface area contributed by atoms with Gasteiger partial charge >= 0.3 is 12.1 Å². The number of rotatable bonds is 5. The third-order valence-corrected chi connectivity index (χ3v) is 3.57. The van der Waals surface area contributed by atoms with Crippen LogP contribution in [0.3, 0.4) is 0 Å². The number of carbonyl (C=O) groups is 2. The summed E-state index contributed by atoms with van der Waals surface area (Å²) in [5, 5.41) is 2.43. The average Bonchev–Trinajstić information content (AvgIpc) is 2.60. The molecule has 2 rings (SSSR count). The molecule has 0 saturated carbocycles. The van der Waals surface area contributed by atoms with Gasteiger partial charge in [0.25, 0.3) is 5.91 Å². The maximum Gasteiger partial charge on any atom is 0.416 e. The Balaban J connectivity index is 2.25. The van der Waals surface area contributed by atoms with E-state index >= 15 is 0 Å². The molecule has 2 aromatic rings. The Labute approximate surface area is 142 Å². The Morgan fingerprint density at radius 2 is 1.64 bits per heavy atom. The minimum absolute atomic E-state index is 0.0984. The van der Waals surface area contributed by atoms with Gasteiger partial charge in [-0.2, -0.15) is 13.2 Å². The van der Waals surface area contributed by atoms with E-state index in [0.29, 0.717) is 5.56 Å².